The lowest BCUT2D eigenvalue weighted by atomic mass is 10.4. The molecule has 1 heterocycles. The Bertz CT molecular complexity index is 469. The first-order valence-electron chi connectivity index (χ1n) is 5.21. The summed E-state index contributed by atoms with van der Waals surface area (Å²) in [4.78, 5) is 3.84. The first kappa shape index (κ1) is 11.7. The lowest BCUT2D eigenvalue weighted by Crippen LogP contribution is -2.25. The Morgan fingerprint density at radius 3 is 2.69 bits per heavy atom. The first-order chi connectivity index (χ1) is 7.59. The molecule has 0 spiro atoms. The van der Waals surface area contributed by atoms with E-state index >= 15 is 0 Å². The fourth-order valence-corrected chi connectivity index (χ4v) is 3.69. The predicted molar refractivity (Wildman–Crippen MR) is 64.0 cm³/mol. The van der Waals surface area contributed by atoms with Crippen molar-refractivity contribution in [2.75, 3.05) is 4.72 Å². The minimum absolute atomic E-state index is 0.288. The zero-order valence-corrected chi connectivity index (χ0v) is 10.3. The highest BCUT2D eigenvalue weighted by Gasteiger charge is 2.29. The molecule has 4 nitrogen and oxygen atoms in total. The summed E-state index contributed by atoms with van der Waals surface area (Å²) in [6.45, 7) is 0. The van der Waals surface area contributed by atoms with Gasteiger partial charge in [0.25, 0.3) is 0 Å². The molecule has 0 saturated heterocycles. The van der Waals surface area contributed by atoms with Crippen LogP contribution < -0.4 is 4.72 Å². The van der Waals surface area contributed by atoms with Crippen LogP contribution in [0.15, 0.2) is 18.5 Å². The van der Waals surface area contributed by atoms with Gasteiger partial charge in [-0.15, -0.1) is 0 Å². The van der Waals surface area contributed by atoms with E-state index in [1.807, 2.05) is 0 Å². The average Bonchev–Trinajstić information content (AvgIpc) is 2.75. The minimum Gasteiger partial charge on any atom is -0.280 e. The number of sulfonamides is 1. The van der Waals surface area contributed by atoms with E-state index in [2.05, 4.69) is 9.71 Å². The molecule has 16 heavy (non-hydrogen) atoms. The Morgan fingerprint density at radius 1 is 1.38 bits per heavy atom. The summed E-state index contributed by atoms with van der Waals surface area (Å²) in [6, 6.07) is 1.56. The van der Waals surface area contributed by atoms with E-state index in [-0.39, 0.29) is 5.25 Å². The van der Waals surface area contributed by atoms with Crippen molar-refractivity contribution in [3.63, 3.8) is 0 Å². The van der Waals surface area contributed by atoms with Gasteiger partial charge in [0.05, 0.1) is 22.2 Å². The maximum absolute atomic E-state index is 12.0. The molecule has 0 unspecified atom stereocenters. The molecule has 0 amide bonds. The van der Waals surface area contributed by atoms with Gasteiger partial charge in [-0.25, -0.2) is 8.42 Å². The number of anilines is 1. The summed E-state index contributed by atoms with van der Waals surface area (Å²) in [5, 5.41) is 0.0837. The molecule has 1 aromatic heterocycles. The standard InChI is InChI=1S/C10H13ClN2O2S/c11-9-5-6-12-7-10(9)13-16(14,15)8-3-1-2-4-8/h5-8,13H,1-4H2. The van der Waals surface area contributed by atoms with Gasteiger partial charge in [-0.3, -0.25) is 9.71 Å². The van der Waals surface area contributed by atoms with Crippen LogP contribution in [0.4, 0.5) is 5.69 Å². The second-order valence-corrected chi connectivity index (χ2v) is 6.28. The van der Waals surface area contributed by atoms with Gasteiger partial charge in [-0.05, 0) is 18.9 Å². The van der Waals surface area contributed by atoms with Crippen LogP contribution in [0, 0.1) is 0 Å². The number of hydrogen-bond donors (Lipinski definition) is 1. The summed E-state index contributed by atoms with van der Waals surface area (Å²) >= 11 is 5.87. The molecule has 1 aromatic rings. The molecule has 1 N–H and O–H groups in total. The molecule has 1 saturated carbocycles. The largest absolute Gasteiger partial charge is 0.280 e. The lowest BCUT2D eigenvalue weighted by Gasteiger charge is -2.13. The Hall–Kier alpha value is -0.810. The van der Waals surface area contributed by atoms with E-state index in [1.165, 1.54) is 12.4 Å². The first-order valence-corrected chi connectivity index (χ1v) is 7.13. The van der Waals surface area contributed by atoms with Crippen LogP contribution in [0.2, 0.25) is 5.02 Å². The predicted octanol–water partition coefficient (Wildman–Crippen LogP) is 2.42. The van der Waals surface area contributed by atoms with Crippen LogP contribution in [-0.4, -0.2) is 18.7 Å². The summed E-state index contributed by atoms with van der Waals surface area (Å²) in [5.74, 6) is 0. The molecule has 1 fully saturated rings. The Balaban J connectivity index is 2.18. The van der Waals surface area contributed by atoms with Crippen molar-refractivity contribution in [3.8, 4) is 0 Å². The van der Waals surface area contributed by atoms with Gasteiger partial charge in [-0.1, -0.05) is 24.4 Å². The average molecular weight is 261 g/mol. The van der Waals surface area contributed by atoms with E-state index in [4.69, 9.17) is 11.6 Å². The number of nitrogens with zero attached hydrogens (tertiary/aromatic N) is 1. The van der Waals surface area contributed by atoms with Gasteiger partial charge in [0.2, 0.25) is 10.0 Å². The Kier molecular flexibility index (Phi) is 3.35. The second kappa shape index (κ2) is 4.59. The fraction of sp³-hybridized carbons (Fsp3) is 0.500. The number of rotatable bonds is 3. The van der Waals surface area contributed by atoms with Crippen LogP contribution in [0.5, 0.6) is 0 Å². The molecule has 1 aliphatic rings. The maximum atomic E-state index is 12.0. The van der Waals surface area contributed by atoms with Crippen LogP contribution in [-0.2, 0) is 10.0 Å². The maximum Gasteiger partial charge on any atom is 0.235 e. The van der Waals surface area contributed by atoms with Crippen LogP contribution >= 0.6 is 11.6 Å². The molecule has 6 heteroatoms. The Labute approximate surface area is 100 Å². The van der Waals surface area contributed by atoms with Crippen LogP contribution in [0.25, 0.3) is 0 Å². The van der Waals surface area contributed by atoms with Crippen molar-refractivity contribution in [3.05, 3.63) is 23.5 Å². The molecule has 88 valence electrons. The molecular weight excluding hydrogens is 248 g/mol. The third-order valence-electron chi connectivity index (χ3n) is 2.76. The van der Waals surface area contributed by atoms with Crippen molar-refractivity contribution in [2.45, 2.75) is 30.9 Å². The third-order valence-corrected chi connectivity index (χ3v) is 4.94. The summed E-state index contributed by atoms with van der Waals surface area (Å²) in [5.41, 5.74) is 0.357. The van der Waals surface area contributed by atoms with Crippen molar-refractivity contribution >= 4 is 27.3 Å². The van der Waals surface area contributed by atoms with Crippen molar-refractivity contribution in [1.82, 2.24) is 4.98 Å². The monoisotopic (exact) mass is 260 g/mol. The van der Waals surface area contributed by atoms with E-state index in [0.717, 1.165) is 25.7 Å². The number of aromatic nitrogens is 1. The second-order valence-electron chi connectivity index (χ2n) is 3.91. The summed E-state index contributed by atoms with van der Waals surface area (Å²) < 4.78 is 26.4. The van der Waals surface area contributed by atoms with Gasteiger partial charge in [0.1, 0.15) is 0 Å². The molecule has 0 aromatic carbocycles. The van der Waals surface area contributed by atoms with Crippen LogP contribution in [0.3, 0.4) is 0 Å². The molecule has 2 rings (SSSR count). The van der Waals surface area contributed by atoms with Gasteiger partial charge >= 0.3 is 0 Å². The molecule has 0 atom stereocenters. The highest BCUT2D eigenvalue weighted by atomic mass is 35.5. The molecule has 0 aliphatic heterocycles. The van der Waals surface area contributed by atoms with E-state index in [1.54, 1.807) is 6.07 Å². The van der Waals surface area contributed by atoms with Crippen molar-refractivity contribution < 1.29 is 8.42 Å². The van der Waals surface area contributed by atoms with E-state index < -0.39 is 10.0 Å². The van der Waals surface area contributed by atoms with Crippen LogP contribution in [0.1, 0.15) is 25.7 Å². The molecule has 0 bridgehead atoms. The van der Waals surface area contributed by atoms with Gasteiger partial charge in [0.15, 0.2) is 0 Å². The number of nitrogens with one attached hydrogen (secondary N) is 1. The molecule has 0 radical (unpaired) electrons. The van der Waals surface area contributed by atoms with Gasteiger partial charge in [0, 0.05) is 6.20 Å². The van der Waals surface area contributed by atoms with Crippen molar-refractivity contribution in [2.24, 2.45) is 0 Å². The quantitative estimate of drug-likeness (QED) is 0.908. The topological polar surface area (TPSA) is 59.1 Å². The zero-order chi connectivity index (χ0) is 11.6. The third kappa shape index (κ3) is 2.47. The van der Waals surface area contributed by atoms with E-state index in [9.17, 15) is 8.42 Å². The minimum atomic E-state index is -3.31. The van der Waals surface area contributed by atoms with Gasteiger partial charge < -0.3 is 0 Å². The molecule has 1 aliphatic carbocycles. The summed E-state index contributed by atoms with van der Waals surface area (Å²) in [7, 11) is -3.31. The lowest BCUT2D eigenvalue weighted by molar-refractivity contribution is 0.585. The smallest absolute Gasteiger partial charge is 0.235 e. The number of pyridine rings is 1. The zero-order valence-electron chi connectivity index (χ0n) is 8.69. The number of hydrogen-bond acceptors (Lipinski definition) is 3. The van der Waals surface area contributed by atoms with Gasteiger partial charge in [-0.2, -0.15) is 0 Å². The normalized spacial score (nSPS) is 17.6. The molecular formula is C10H13ClN2O2S. The number of halogens is 1. The fourth-order valence-electron chi connectivity index (χ4n) is 1.89. The Morgan fingerprint density at radius 2 is 2.06 bits per heavy atom. The van der Waals surface area contributed by atoms with E-state index in [0.29, 0.717) is 10.7 Å². The van der Waals surface area contributed by atoms with Crippen molar-refractivity contribution in [1.29, 1.82) is 0 Å². The highest BCUT2D eigenvalue weighted by molar-refractivity contribution is 7.93. The summed E-state index contributed by atoms with van der Waals surface area (Å²) in [6.07, 6.45) is 6.36. The highest BCUT2D eigenvalue weighted by Crippen LogP contribution is 2.28. The SMILES string of the molecule is O=S(=O)(Nc1cnccc1Cl)C1CCCC1.